The van der Waals surface area contributed by atoms with Crippen molar-refractivity contribution in [1.29, 1.82) is 0 Å². The van der Waals surface area contributed by atoms with Gasteiger partial charge in [0.2, 0.25) is 0 Å². The molecule has 0 aliphatic rings. The number of amides is 1. The van der Waals surface area contributed by atoms with Gasteiger partial charge in [-0.25, -0.2) is 0 Å². The second-order valence-corrected chi connectivity index (χ2v) is 3.40. The van der Waals surface area contributed by atoms with E-state index < -0.39 is 17.9 Å². The number of hydrogen-bond donors (Lipinski definition) is 2. The van der Waals surface area contributed by atoms with Crippen LogP contribution in [0.15, 0.2) is 6.07 Å². The fourth-order valence-corrected chi connectivity index (χ4v) is 1.03. The Kier molecular flexibility index (Phi) is 3.31. The fraction of sp³-hybridized carbons (Fsp3) is 0.375. The van der Waals surface area contributed by atoms with Gasteiger partial charge in [0, 0.05) is 13.1 Å². The van der Waals surface area contributed by atoms with Gasteiger partial charge in [-0.1, -0.05) is 11.6 Å². The van der Waals surface area contributed by atoms with E-state index in [2.05, 4.69) is 10.4 Å². The Labute approximate surface area is 90.8 Å². The number of halogens is 1. The predicted molar refractivity (Wildman–Crippen MR) is 52.8 cm³/mol. The lowest BCUT2D eigenvalue weighted by Gasteiger charge is -2.06. The number of nitrogens with zero attached hydrogens (tertiary/aromatic N) is 2. The van der Waals surface area contributed by atoms with E-state index in [0.29, 0.717) is 5.15 Å². The first-order chi connectivity index (χ1) is 6.91. The number of nitrogens with one attached hydrogen (secondary N) is 1. The molecule has 1 amide bonds. The molecule has 15 heavy (non-hydrogen) atoms. The minimum absolute atomic E-state index is 0.0931. The van der Waals surface area contributed by atoms with E-state index in [1.807, 2.05) is 0 Å². The molecule has 0 saturated carbocycles. The van der Waals surface area contributed by atoms with E-state index in [9.17, 15) is 9.59 Å². The van der Waals surface area contributed by atoms with Crippen LogP contribution >= 0.6 is 11.6 Å². The first-order valence-electron chi connectivity index (χ1n) is 4.15. The van der Waals surface area contributed by atoms with Crippen LogP contribution < -0.4 is 5.32 Å². The van der Waals surface area contributed by atoms with E-state index in [0.717, 1.165) is 0 Å². The number of carboxylic acid groups (broad SMARTS) is 1. The second kappa shape index (κ2) is 4.31. The Morgan fingerprint density at radius 3 is 2.67 bits per heavy atom. The molecule has 0 aliphatic carbocycles. The van der Waals surface area contributed by atoms with Crippen LogP contribution in [0.3, 0.4) is 0 Å². The number of aliphatic carboxylic acids is 1. The van der Waals surface area contributed by atoms with E-state index in [4.69, 9.17) is 16.7 Å². The van der Waals surface area contributed by atoms with E-state index in [1.165, 1.54) is 17.7 Å². The highest BCUT2D eigenvalue weighted by molar-refractivity contribution is 6.30. The third-order valence-electron chi connectivity index (χ3n) is 1.77. The first kappa shape index (κ1) is 11.5. The van der Waals surface area contributed by atoms with Gasteiger partial charge in [0.25, 0.3) is 5.91 Å². The van der Waals surface area contributed by atoms with Gasteiger partial charge < -0.3 is 10.4 Å². The lowest BCUT2D eigenvalue weighted by atomic mass is 10.3. The maximum Gasteiger partial charge on any atom is 0.325 e. The lowest BCUT2D eigenvalue weighted by Crippen LogP contribution is -2.38. The summed E-state index contributed by atoms with van der Waals surface area (Å²) < 4.78 is 1.32. The fourth-order valence-electron chi connectivity index (χ4n) is 0.888. The van der Waals surface area contributed by atoms with Crippen LogP contribution in [-0.2, 0) is 11.8 Å². The van der Waals surface area contributed by atoms with Gasteiger partial charge in [0.15, 0.2) is 5.69 Å². The molecule has 1 aromatic heterocycles. The Morgan fingerprint density at radius 2 is 2.27 bits per heavy atom. The zero-order valence-corrected chi connectivity index (χ0v) is 8.95. The average Bonchev–Trinajstić information content (AvgIpc) is 2.46. The van der Waals surface area contributed by atoms with Gasteiger partial charge in [0.05, 0.1) is 0 Å². The molecule has 0 unspecified atom stereocenters. The van der Waals surface area contributed by atoms with Gasteiger partial charge in [-0.15, -0.1) is 0 Å². The number of carbonyl (C=O) groups is 2. The van der Waals surface area contributed by atoms with Crippen LogP contribution in [0.4, 0.5) is 0 Å². The summed E-state index contributed by atoms with van der Waals surface area (Å²) >= 11 is 5.68. The Balaban J connectivity index is 2.73. The van der Waals surface area contributed by atoms with E-state index >= 15 is 0 Å². The third-order valence-corrected chi connectivity index (χ3v) is 2.13. The average molecular weight is 232 g/mol. The standard InChI is InChI=1S/C8H10ClN3O3/c1-4(8(14)15)10-7(13)5-3-6(9)12(2)11-5/h3-4H,1-2H3,(H,10,13)(H,14,15)/t4-/m1/s1. The van der Waals surface area contributed by atoms with Crippen LogP contribution in [0.5, 0.6) is 0 Å². The molecule has 1 aromatic rings. The lowest BCUT2D eigenvalue weighted by molar-refractivity contribution is -0.138. The third kappa shape index (κ3) is 2.69. The van der Waals surface area contributed by atoms with Crippen LogP contribution in [-0.4, -0.2) is 32.8 Å². The summed E-state index contributed by atoms with van der Waals surface area (Å²) in [5, 5.41) is 14.9. The quantitative estimate of drug-likeness (QED) is 0.783. The molecule has 7 heteroatoms. The molecule has 1 heterocycles. The molecule has 1 rings (SSSR count). The number of hydrogen-bond acceptors (Lipinski definition) is 3. The maximum absolute atomic E-state index is 11.4. The highest BCUT2D eigenvalue weighted by Gasteiger charge is 2.17. The summed E-state index contributed by atoms with van der Waals surface area (Å²) in [6, 6.07) is 0.407. The summed E-state index contributed by atoms with van der Waals surface area (Å²) in [5.74, 6) is -1.67. The van der Waals surface area contributed by atoms with Gasteiger partial charge in [-0.05, 0) is 6.92 Å². The van der Waals surface area contributed by atoms with Crippen LogP contribution in [0.1, 0.15) is 17.4 Å². The Hall–Kier alpha value is -1.56. The summed E-state index contributed by atoms with van der Waals surface area (Å²) in [7, 11) is 1.58. The number of carboxylic acids is 1. The molecule has 2 N–H and O–H groups in total. The molecule has 1 atom stereocenters. The second-order valence-electron chi connectivity index (χ2n) is 3.01. The molecule has 0 saturated heterocycles. The number of rotatable bonds is 3. The summed E-state index contributed by atoms with van der Waals surface area (Å²) in [6.07, 6.45) is 0. The summed E-state index contributed by atoms with van der Waals surface area (Å²) in [6.45, 7) is 1.37. The minimum Gasteiger partial charge on any atom is -0.480 e. The van der Waals surface area contributed by atoms with Crippen molar-refractivity contribution in [2.75, 3.05) is 0 Å². The molecular formula is C8H10ClN3O3. The summed E-state index contributed by atoms with van der Waals surface area (Å²) in [5.41, 5.74) is 0.0931. The molecule has 0 aromatic carbocycles. The van der Waals surface area contributed by atoms with Crippen LogP contribution in [0.25, 0.3) is 0 Å². The zero-order chi connectivity index (χ0) is 11.6. The molecule has 0 aliphatic heterocycles. The van der Waals surface area contributed by atoms with Crippen molar-refractivity contribution in [2.24, 2.45) is 7.05 Å². The molecule has 0 bridgehead atoms. The normalized spacial score (nSPS) is 12.2. The maximum atomic E-state index is 11.4. The van der Waals surface area contributed by atoms with Gasteiger partial charge in [0.1, 0.15) is 11.2 Å². The highest BCUT2D eigenvalue weighted by atomic mass is 35.5. The van der Waals surface area contributed by atoms with Gasteiger partial charge >= 0.3 is 5.97 Å². The minimum atomic E-state index is -1.11. The Morgan fingerprint density at radius 1 is 1.67 bits per heavy atom. The Bertz CT molecular complexity index is 382. The zero-order valence-electron chi connectivity index (χ0n) is 8.19. The van der Waals surface area contributed by atoms with Crippen molar-refractivity contribution in [3.8, 4) is 0 Å². The topological polar surface area (TPSA) is 84.2 Å². The monoisotopic (exact) mass is 231 g/mol. The van der Waals surface area contributed by atoms with E-state index in [-0.39, 0.29) is 5.69 Å². The van der Waals surface area contributed by atoms with Crippen molar-refractivity contribution in [1.82, 2.24) is 15.1 Å². The number of aromatic nitrogens is 2. The number of aryl methyl sites for hydroxylation is 1. The van der Waals surface area contributed by atoms with Gasteiger partial charge in [-0.2, -0.15) is 5.10 Å². The SMILES string of the molecule is C[C@@H](NC(=O)c1cc(Cl)n(C)n1)C(=O)O. The molecule has 6 nitrogen and oxygen atoms in total. The van der Waals surface area contributed by atoms with Crippen molar-refractivity contribution in [3.63, 3.8) is 0 Å². The molecule has 0 spiro atoms. The smallest absolute Gasteiger partial charge is 0.325 e. The van der Waals surface area contributed by atoms with Crippen LogP contribution in [0.2, 0.25) is 5.15 Å². The summed E-state index contributed by atoms with van der Waals surface area (Å²) in [4.78, 5) is 21.9. The van der Waals surface area contributed by atoms with E-state index in [1.54, 1.807) is 7.05 Å². The van der Waals surface area contributed by atoms with Crippen molar-refractivity contribution < 1.29 is 14.7 Å². The van der Waals surface area contributed by atoms with Crippen molar-refractivity contribution in [3.05, 3.63) is 16.9 Å². The first-order valence-corrected chi connectivity index (χ1v) is 4.53. The number of carbonyl (C=O) groups excluding carboxylic acids is 1. The van der Waals surface area contributed by atoms with Crippen LogP contribution in [0, 0.1) is 0 Å². The van der Waals surface area contributed by atoms with Crippen molar-refractivity contribution in [2.45, 2.75) is 13.0 Å². The molecular weight excluding hydrogens is 222 g/mol. The van der Waals surface area contributed by atoms with Gasteiger partial charge in [-0.3, -0.25) is 14.3 Å². The van der Waals surface area contributed by atoms with Crippen molar-refractivity contribution >= 4 is 23.5 Å². The molecule has 82 valence electrons. The largest absolute Gasteiger partial charge is 0.480 e. The predicted octanol–water partition coefficient (Wildman–Crippen LogP) is 0.276. The molecule has 0 radical (unpaired) electrons. The molecule has 0 fully saturated rings. The highest BCUT2D eigenvalue weighted by Crippen LogP contribution is 2.08.